The molecular weight excluding hydrogens is 339 g/mol. The average molecular weight is 374 g/mol. The largest absolute Gasteiger partial charge is 0.497 e. The summed E-state index contributed by atoms with van der Waals surface area (Å²) in [6.45, 7) is 10.5. The topological polar surface area (TPSA) is 47.9 Å². The fourth-order valence-electron chi connectivity index (χ4n) is 3.16. The molecule has 0 radical (unpaired) electrons. The zero-order valence-corrected chi connectivity index (χ0v) is 17.7. The lowest BCUT2D eigenvalue weighted by molar-refractivity contribution is 0.00578. The second-order valence-corrected chi connectivity index (χ2v) is 8.38. The van der Waals surface area contributed by atoms with Gasteiger partial charge in [0.05, 0.1) is 24.4 Å². The maximum atomic E-state index is 10.6. The van der Waals surface area contributed by atoms with Gasteiger partial charge in [0.2, 0.25) is 0 Å². The number of aliphatic hydroxyl groups excluding tert-OH is 1. The van der Waals surface area contributed by atoms with E-state index in [1.807, 2.05) is 24.3 Å². The third-order valence-electron chi connectivity index (χ3n) is 5.73. The van der Waals surface area contributed by atoms with Crippen molar-refractivity contribution < 1.29 is 19.2 Å². The molecule has 1 aliphatic rings. The van der Waals surface area contributed by atoms with E-state index in [1.165, 1.54) is 5.57 Å². The summed E-state index contributed by atoms with van der Waals surface area (Å²) in [4.78, 5) is 0. The van der Waals surface area contributed by atoms with E-state index in [2.05, 4.69) is 40.6 Å². The second kappa shape index (κ2) is 9.27. The highest BCUT2D eigenvalue weighted by molar-refractivity contribution is 6.51. The maximum absolute atomic E-state index is 10.6. The number of ether oxygens (including phenoxy) is 1. The van der Waals surface area contributed by atoms with Gasteiger partial charge in [0, 0.05) is 0 Å². The first-order valence-electron chi connectivity index (χ1n) is 10.1. The minimum Gasteiger partial charge on any atom is -0.497 e. The van der Waals surface area contributed by atoms with Gasteiger partial charge in [-0.1, -0.05) is 37.0 Å². The van der Waals surface area contributed by atoms with Crippen molar-refractivity contribution in [3.63, 3.8) is 0 Å². The van der Waals surface area contributed by atoms with Crippen LogP contribution in [0, 0.1) is 0 Å². The van der Waals surface area contributed by atoms with Crippen LogP contribution in [0.1, 0.15) is 78.4 Å². The van der Waals surface area contributed by atoms with Crippen LogP contribution in [-0.4, -0.2) is 30.5 Å². The summed E-state index contributed by atoms with van der Waals surface area (Å²) >= 11 is 0. The molecular formula is C22H35BO4. The Kier molecular flexibility index (Phi) is 7.55. The van der Waals surface area contributed by atoms with Crippen molar-refractivity contribution in [2.24, 2.45) is 0 Å². The summed E-state index contributed by atoms with van der Waals surface area (Å²) < 4.78 is 17.4. The van der Waals surface area contributed by atoms with Gasteiger partial charge >= 0.3 is 7.12 Å². The number of unbranched alkanes of at least 4 members (excludes halogenated alkanes) is 1. The van der Waals surface area contributed by atoms with E-state index in [9.17, 15) is 5.11 Å². The minimum absolute atomic E-state index is 0.319. The molecule has 5 heteroatoms. The highest BCUT2D eigenvalue weighted by atomic mass is 16.7. The summed E-state index contributed by atoms with van der Waals surface area (Å²) in [6, 6.07) is 7.62. The highest BCUT2D eigenvalue weighted by Crippen LogP contribution is 2.37. The molecule has 1 heterocycles. The fraction of sp³-hybridized carbons (Fsp3) is 0.636. The second-order valence-electron chi connectivity index (χ2n) is 8.38. The first kappa shape index (κ1) is 22.0. The van der Waals surface area contributed by atoms with Crippen molar-refractivity contribution in [3.8, 4) is 5.75 Å². The molecule has 150 valence electrons. The Morgan fingerprint density at radius 3 is 2.22 bits per heavy atom. The van der Waals surface area contributed by atoms with Gasteiger partial charge in [-0.3, -0.25) is 0 Å². The Labute approximate surface area is 165 Å². The van der Waals surface area contributed by atoms with Gasteiger partial charge in [0.25, 0.3) is 0 Å². The van der Waals surface area contributed by atoms with Gasteiger partial charge in [0.1, 0.15) is 5.75 Å². The monoisotopic (exact) mass is 374 g/mol. The molecule has 1 unspecified atom stereocenters. The van der Waals surface area contributed by atoms with Gasteiger partial charge in [-0.25, -0.2) is 0 Å². The lowest BCUT2D eigenvalue weighted by Crippen LogP contribution is -2.41. The van der Waals surface area contributed by atoms with Crippen LogP contribution in [0.15, 0.2) is 35.8 Å². The molecule has 27 heavy (non-hydrogen) atoms. The molecule has 0 aromatic heterocycles. The van der Waals surface area contributed by atoms with Gasteiger partial charge in [-0.2, -0.15) is 0 Å². The zero-order chi connectivity index (χ0) is 20.1. The van der Waals surface area contributed by atoms with E-state index in [0.717, 1.165) is 37.0 Å². The van der Waals surface area contributed by atoms with E-state index >= 15 is 0 Å². The number of allylic oxidation sites excluding steroid dienone is 1. The third kappa shape index (κ3) is 5.84. The van der Waals surface area contributed by atoms with Crippen LogP contribution in [0.2, 0.25) is 0 Å². The van der Waals surface area contributed by atoms with Crippen LogP contribution in [0.4, 0.5) is 0 Å². The lowest BCUT2D eigenvalue weighted by Gasteiger charge is -2.32. The molecule has 0 saturated carbocycles. The Hall–Kier alpha value is -1.30. The molecule has 1 atom stereocenters. The zero-order valence-electron chi connectivity index (χ0n) is 17.7. The first-order chi connectivity index (χ1) is 12.7. The number of aliphatic hydroxyl groups is 1. The van der Waals surface area contributed by atoms with Crippen molar-refractivity contribution in [2.45, 2.75) is 84.0 Å². The molecule has 0 amide bonds. The van der Waals surface area contributed by atoms with Crippen LogP contribution >= 0.6 is 0 Å². The van der Waals surface area contributed by atoms with Crippen molar-refractivity contribution in [1.29, 1.82) is 0 Å². The quantitative estimate of drug-likeness (QED) is 0.599. The van der Waals surface area contributed by atoms with E-state index < -0.39 is 6.10 Å². The summed E-state index contributed by atoms with van der Waals surface area (Å²) in [6.07, 6.45) is 4.31. The first-order valence-corrected chi connectivity index (χ1v) is 10.1. The SMILES string of the molecule is CCCC/C(=C\B1OC(C)(C)C(C)(C)O1)CCC(O)c1ccc(OC)cc1. The molecule has 0 aliphatic carbocycles. The molecule has 4 nitrogen and oxygen atoms in total. The number of benzene rings is 1. The minimum atomic E-state index is -0.487. The Bertz CT molecular complexity index is 606. The van der Waals surface area contributed by atoms with Crippen molar-refractivity contribution >= 4 is 7.12 Å². The van der Waals surface area contributed by atoms with Gasteiger partial charge in [-0.15, -0.1) is 0 Å². The number of hydrogen-bond donors (Lipinski definition) is 1. The van der Waals surface area contributed by atoms with Crippen molar-refractivity contribution in [2.75, 3.05) is 7.11 Å². The molecule has 1 fully saturated rings. The Balaban J connectivity index is 2.01. The summed E-state index contributed by atoms with van der Waals surface area (Å²) in [5.41, 5.74) is 1.56. The van der Waals surface area contributed by atoms with Crippen LogP contribution in [0.3, 0.4) is 0 Å². The van der Waals surface area contributed by atoms with E-state index in [1.54, 1.807) is 7.11 Å². The fourth-order valence-corrected chi connectivity index (χ4v) is 3.16. The molecule has 1 aliphatic heterocycles. The Morgan fingerprint density at radius 2 is 1.70 bits per heavy atom. The van der Waals surface area contributed by atoms with Crippen molar-refractivity contribution in [3.05, 3.63) is 41.4 Å². The molecule has 1 saturated heterocycles. The van der Waals surface area contributed by atoms with E-state index in [-0.39, 0.29) is 18.3 Å². The Morgan fingerprint density at radius 1 is 1.11 bits per heavy atom. The predicted octanol–water partition coefficient (Wildman–Crippen LogP) is 5.26. The molecule has 1 aromatic rings. The van der Waals surface area contributed by atoms with Crippen LogP contribution in [0.5, 0.6) is 5.75 Å². The lowest BCUT2D eigenvalue weighted by atomic mass is 9.83. The van der Waals surface area contributed by atoms with Crippen LogP contribution in [-0.2, 0) is 9.31 Å². The van der Waals surface area contributed by atoms with Crippen molar-refractivity contribution in [1.82, 2.24) is 0 Å². The summed E-state index contributed by atoms with van der Waals surface area (Å²) in [5, 5.41) is 10.6. The summed E-state index contributed by atoms with van der Waals surface area (Å²) in [7, 11) is 1.33. The van der Waals surface area contributed by atoms with Crippen LogP contribution < -0.4 is 4.74 Å². The van der Waals surface area contributed by atoms with E-state index in [0.29, 0.717) is 6.42 Å². The predicted molar refractivity (Wildman–Crippen MR) is 111 cm³/mol. The molecule has 0 spiro atoms. The number of rotatable bonds is 9. The maximum Gasteiger partial charge on any atom is 0.487 e. The average Bonchev–Trinajstić information content (AvgIpc) is 2.83. The highest BCUT2D eigenvalue weighted by Gasteiger charge is 2.50. The molecule has 1 N–H and O–H groups in total. The molecule has 0 bridgehead atoms. The smallest absolute Gasteiger partial charge is 0.487 e. The summed E-state index contributed by atoms with van der Waals surface area (Å²) in [5.74, 6) is 2.92. The standard InChI is InChI=1S/C22H35BO4/c1-7-8-9-17(16-23-26-21(2,3)22(4,5)27-23)10-15-20(24)18-11-13-19(25-6)14-12-18/h11-14,16,20,24H,7-10,15H2,1-6H3/b17-16+. The van der Waals surface area contributed by atoms with Gasteiger partial charge < -0.3 is 19.2 Å². The van der Waals surface area contributed by atoms with Gasteiger partial charge in [0.15, 0.2) is 0 Å². The van der Waals surface area contributed by atoms with Crippen LogP contribution in [0.25, 0.3) is 0 Å². The normalized spacial score (nSPS) is 20.0. The number of hydrogen-bond acceptors (Lipinski definition) is 4. The number of methoxy groups -OCH3 is 1. The van der Waals surface area contributed by atoms with Gasteiger partial charge in [-0.05, 0) is 71.1 Å². The third-order valence-corrected chi connectivity index (χ3v) is 5.73. The molecule has 2 rings (SSSR count). The van der Waals surface area contributed by atoms with E-state index in [4.69, 9.17) is 14.0 Å². The molecule has 1 aromatic carbocycles.